The largest absolute Gasteiger partial charge is 0.416 e. The molecule has 0 unspecified atom stereocenters. The van der Waals surface area contributed by atoms with Crippen molar-refractivity contribution in [2.75, 3.05) is 5.32 Å². The zero-order chi connectivity index (χ0) is 24.5. The van der Waals surface area contributed by atoms with E-state index in [1.807, 2.05) is 0 Å². The lowest BCUT2D eigenvalue weighted by atomic mass is 10.1. The van der Waals surface area contributed by atoms with E-state index in [-0.39, 0.29) is 29.7 Å². The topological polar surface area (TPSA) is 88.0 Å². The first-order chi connectivity index (χ1) is 16.1. The van der Waals surface area contributed by atoms with Crippen molar-refractivity contribution < 1.29 is 22.8 Å². The number of nitrogens with zero attached hydrogens (tertiary/aromatic N) is 2. The van der Waals surface area contributed by atoms with E-state index in [1.54, 1.807) is 38.1 Å². The first-order valence-electron chi connectivity index (χ1n) is 10.8. The molecule has 4 rings (SSSR count). The Morgan fingerprint density at radius 3 is 2.35 bits per heavy atom. The fourth-order valence-corrected chi connectivity index (χ4v) is 3.57. The summed E-state index contributed by atoms with van der Waals surface area (Å²) < 4.78 is 42.7. The standard InChI is InChI=1S/C24H24F3N5O2/c1-14-11-15(2)32(31-14)20-10-5-17(21(12-20)24(25,26)27)13-28-22(33)16-3-6-18(7-4-16)29-23(34)30-19-8-9-19/h3-7,10-12,19H,8-9,13H2,1-2H3,(H,28,33)(H2,29,30,34). The Kier molecular flexibility index (Phi) is 6.32. The first kappa shape index (κ1) is 23.3. The Bertz CT molecular complexity index is 1210. The Hall–Kier alpha value is -3.82. The van der Waals surface area contributed by atoms with Gasteiger partial charge in [0.2, 0.25) is 0 Å². The number of hydrogen-bond acceptors (Lipinski definition) is 3. The summed E-state index contributed by atoms with van der Waals surface area (Å²) in [4.78, 5) is 24.3. The number of carbonyl (C=O) groups excluding carboxylic acids is 2. The van der Waals surface area contributed by atoms with Gasteiger partial charge in [-0.25, -0.2) is 9.48 Å². The molecule has 3 aromatic rings. The van der Waals surface area contributed by atoms with Crippen LogP contribution in [0.15, 0.2) is 48.5 Å². The van der Waals surface area contributed by atoms with Crippen LogP contribution in [0.4, 0.5) is 23.7 Å². The van der Waals surface area contributed by atoms with Gasteiger partial charge in [0.15, 0.2) is 0 Å². The van der Waals surface area contributed by atoms with Crippen molar-refractivity contribution in [2.45, 2.75) is 45.5 Å². The van der Waals surface area contributed by atoms with E-state index >= 15 is 0 Å². The predicted molar refractivity (Wildman–Crippen MR) is 121 cm³/mol. The smallest absolute Gasteiger partial charge is 0.348 e. The SMILES string of the molecule is Cc1cc(C)n(-c2ccc(CNC(=O)c3ccc(NC(=O)NC4CC4)cc3)c(C(F)(F)F)c2)n1. The molecule has 0 aliphatic heterocycles. The van der Waals surface area contributed by atoms with Crippen LogP contribution in [0, 0.1) is 13.8 Å². The number of benzene rings is 2. The molecule has 3 amide bonds. The number of rotatable bonds is 6. The van der Waals surface area contributed by atoms with Crippen molar-refractivity contribution >= 4 is 17.6 Å². The van der Waals surface area contributed by atoms with Crippen molar-refractivity contribution in [3.63, 3.8) is 0 Å². The molecule has 178 valence electrons. The van der Waals surface area contributed by atoms with E-state index < -0.39 is 17.6 Å². The summed E-state index contributed by atoms with van der Waals surface area (Å²) in [5, 5.41) is 12.2. The maximum atomic E-state index is 13.7. The summed E-state index contributed by atoms with van der Waals surface area (Å²) >= 11 is 0. The summed E-state index contributed by atoms with van der Waals surface area (Å²) in [5.74, 6) is -0.523. The number of alkyl halides is 3. The molecule has 0 saturated heterocycles. The Morgan fingerprint density at radius 1 is 1.06 bits per heavy atom. The molecule has 1 aliphatic rings. The van der Waals surface area contributed by atoms with Crippen molar-refractivity contribution in [2.24, 2.45) is 0 Å². The number of halogens is 3. The zero-order valence-corrected chi connectivity index (χ0v) is 18.7. The molecular formula is C24H24F3N5O2. The lowest BCUT2D eigenvalue weighted by Gasteiger charge is -2.16. The molecule has 0 radical (unpaired) electrons. The van der Waals surface area contributed by atoms with Crippen molar-refractivity contribution in [3.05, 3.63) is 76.6 Å². The van der Waals surface area contributed by atoms with Gasteiger partial charge >= 0.3 is 12.2 Å². The van der Waals surface area contributed by atoms with Gasteiger partial charge in [0.05, 0.1) is 16.9 Å². The van der Waals surface area contributed by atoms with Gasteiger partial charge in [0.1, 0.15) is 0 Å². The second-order valence-electron chi connectivity index (χ2n) is 8.31. The zero-order valence-electron chi connectivity index (χ0n) is 18.7. The van der Waals surface area contributed by atoms with E-state index in [4.69, 9.17) is 0 Å². The van der Waals surface area contributed by atoms with Crippen LogP contribution < -0.4 is 16.0 Å². The molecule has 10 heteroatoms. The average molecular weight is 471 g/mol. The number of aryl methyl sites for hydroxylation is 2. The molecular weight excluding hydrogens is 447 g/mol. The lowest BCUT2D eigenvalue weighted by Crippen LogP contribution is -2.30. The van der Waals surface area contributed by atoms with Crippen LogP contribution >= 0.6 is 0 Å². The van der Waals surface area contributed by atoms with Crippen molar-refractivity contribution in [1.29, 1.82) is 0 Å². The molecule has 1 fully saturated rings. The minimum Gasteiger partial charge on any atom is -0.348 e. The molecule has 0 atom stereocenters. The van der Waals surface area contributed by atoms with Crippen molar-refractivity contribution in [1.82, 2.24) is 20.4 Å². The predicted octanol–water partition coefficient (Wildman–Crippen LogP) is 4.72. The van der Waals surface area contributed by atoms with Crippen LogP contribution in [0.3, 0.4) is 0 Å². The van der Waals surface area contributed by atoms with Crippen LogP contribution in [-0.2, 0) is 12.7 Å². The first-order valence-corrected chi connectivity index (χ1v) is 10.8. The normalized spacial score (nSPS) is 13.4. The molecule has 7 nitrogen and oxygen atoms in total. The summed E-state index contributed by atoms with van der Waals surface area (Å²) in [6, 6.07) is 11.7. The van der Waals surface area contributed by atoms with Crippen LogP contribution in [0.5, 0.6) is 0 Å². The summed E-state index contributed by atoms with van der Waals surface area (Å²) in [5.41, 5.74) is 1.60. The van der Waals surface area contributed by atoms with Crippen molar-refractivity contribution in [3.8, 4) is 5.69 Å². The molecule has 2 aromatic carbocycles. The van der Waals surface area contributed by atoms with Gasteiger partial charge in [-0.3, -0.25) is 4.79 Å². The number of hydrogen-bond donors (Lipinski definition) is 3. The lowest BCUT2D eigenvalue weighted by molar-refractivity contribution is -0.138. The fourth-order valence-electron chi connectivity index (χ4n) is 3.57. The quantitative estimate of drug-likeness (QED) is 0.486. The third-order valence-corrected chi connectivity index (χ3v) is 5.41. The van der Waals surface area contributed by atoms with Crippen LogP contribution in [0.25, 0.3) is 5.69 Å². The fraction of sp³-hybridized carbons (Fsp3) is 0.292. The van der Waals surface area contributed by atoms with E-state index in [1.165, 1.54) is 22.9 Å². The highest BCUT2D eigenvalue weighted by Gasteiger charge is 2.34. The molecule has 1 aromatic heterocycles. The number of amides is 3. The summed E-state index contributed by atoms with van der Waals surface area (Å²) in [7, 11) is 0. The molecule has 1 heterocycles. The van der Waals surface area contributed by atoms with Gasteiger partial charge in [-0.05, 0) is 74.7 Å². The number of anilines is 1. The number of urea groups is 1. The Balaban J connectivity index is 1.44. The summed E-state index contributed by atoms with van der Waals surface area (Å²) in [6.45, 7) is 3.24. The minimum absolute atomic E-state index is 0.0545. The average Bonchev–Trinajstić information content (AvgIpc) is 3.52. The maximum absolute atomic E-state index is 13.7. The van der Waals surface area contributed by atoms with E-state index in [2.05, 4.69) is 21.0 Å². The van der Waals surface area contributed by atoms with Crippen LogP contribution in [0.2, 0.25) is 0 Å². The third kappa shape index (κ3) is 5.56. The maximum Gasteiger partial charge on any atom is 0.416 e. The van der Waals surface area contributed by atoms with E-state index in [9.17, 15) is 22.8 Å². The molecule has 1 saturated carbocycles. The van der Waals surface area contributed by atoms with Crippen LogP contribution in [0.1, 0.15) is 45.7 Å². The monoisotopic (exact) mass is 471 g/mol. The molecule has 0 spiro atoms. The van der Waals surface area contributed by atoms with Gasteiger partial charge in [0, 0.05) is 29.5 Å². The number of aromatic nitrogens is 2. The minimum atomic E-state index is -4.60. The van der Waals surface area contributed by atoms with E-state index in [0.29, 0.717) is 17.1 Å². The molecule has 3 N–H and O–H groups in total. The number of carbonyl (C=O) groups is 2. The number of nitrogens with one attached hydrogen (secondary N) is 3. The molecule has 34 heavy (non-hydrogen) atoms. The second-order valence-corrected chi connectivity index (χ2v) is 8.31. The van der Waals surface area contributed by atoms with Crippen LogP contribution in [-0.4, -0.2) is 27.8 Å². The highest BCUT2D eigenvalue weighted by Crippen LogP contribution is 2.33. The molecule has 0 bridgehead atoms. The highest BCUT2D eigenvalue weighted by molar-refractivity contribution is 5.95. The Morgan fingerprint density at radius 2 is 1.76 bits per heavy atom. The molecule has 1 aliphatic carbocycles. The van der Waals surface area contributed by atoms with E-state index in [0.717, 1.165) is 24.6 Å². The van der Waals surface area contributed by atoms with Gasteiger partial charge in [0.25, 0.3) is 5.91 Å². The van der Waals surface area contributed by atoms with Gasteiger partial charge in [-0.15, -0.1) is 0 Å². The van der Waals surface area contributed by atoms with Gasteiger partial charge in [-0.2, -0.15) is 18.3 Å². The highest BCUT2D eigenvalue weighted by atomic mass is 19.4. The second kappa shape index (κ2) is 9.20. The Labute approximate surface area is 194 Å². The van der Waals surface area contributed by atoms with Gasteiger partial charge in [-0.1, -0.05) is 6.07 Å². The third-order valence-electron chi connectivity index (χ3n) is 5.41. The summed E-state index contributed by atoms with van der Waals surface area (Å²) in [6.07, 6.45) is -2.66. The van der Waals surface area contributed by atoms with Gasteiger partial charge < -0.3 is 16.0 Å².